The maximum absolute atomic E-state index is 12.8. The molecule has 2 fully saturated rings. The Morgan fingerprint density at radius 2 is 1.61 bits per heavy atom. The molecule has 2 aromatic rings. The number of amides is 1. The maximum Gasteiger partial charge on any atom is 0.255 e. The summed E-state index contributed by atoms with van der Waals surface area (Å²) >= 11 is 0. The quantitative estimate of drug-likeness (QED) is 0.791. The summed E-state index contributed by atoms with van der Waals surface area (Å²) in [6, 6.07) is 12.4. The van der Waals surface area contributed by atoms with Gasteiger partial charge in [0.25, 0.3) is 5.91 Å². The van der Waals surface area contributed by atoms with Crippen molar-refractivity contribution in [3.8, 4) is 0 Å². The summed E-state index contributed by atoms with van der Waals surface area (Å²) in [5.41, 5.74) is 0.618. The van der Waals surface area contributed by atoms with E-state index >= 15 is 0 Å². The second-order valence-corrected chi connectivity index (χ2v) is 9.68. The fourth-order valence-electron chi connectivity index (χ4n) is 4.00. The summed E-state index contributed by atoms with van der Waals surface area (Å²) in [5.74, 6) is 0.845. The molecule has 2 aliphatic heterocycles. The Labute approximate surface area is 166 Å². The molecule has 2 saturated heterocycles. The number of hydrogen-bond donors (Lipinski definition) is 0. The van der Waals surface area contributed by atoms with Gasteiger partial charge in [-0.05, 0) is 49.9 Å². The first-order valence-corrected chi connectivity index (χ1v) is 11.4. The van der Waals surface area contributed by atoms with Crippen molar-refractivity contribution >= 4 is 21.6 Å². The molecule has 6 nitrogen and oxygen atoms in total. The van der Waals surface area contributed by atoms with Gasteiger partial charge in [0.15, 0.2) is 9.84 Å². The summed E-state index contributed by atoms with van der Waals surface area (Å²) in [5, 5.41) is -0.359. The topological polar surface area (TPSA) is 70.6 Å². The minimum Gasteiger partial charge on any atom is -0.357 e. The lowest BCUT2D eigenvalue weighted by molar-refractivity contribution is 0.0792. The van der Waals surface area contributed by atoms with Crippen LogP contribution in [0.15, 0.2) is 53.6 Å². The van der Waals surface area contributed by atoms with E-state index in [0.717, 1.165) is 31.7 Å². The molecule has 0 spiro atoms. The number of carbonyl (C=O) groups is 1. The van der Waals surface area contributed by atoms with E-state index in [0.29, 0.717) is 36.4 Å². The number of benzene rings is 1. The third-order valence-corrected chi connectivity index (χ3v) is 7.94. The number of rotatable bonds is 4. The van der Waals surface area contributed by atoms with Gasteiger partial charge in [-0.3, -0.25) is 4.79 Å². The molecule has 0 unspecified atom stereocenters. The Balaban J connectivity index is 1.39. The molecule has 0 radical (unpaired) electrons. The molecule has 0 saturated carbocycles. The molecular formula is C21H25N3O3S. The van der Waals surface area contributed by atoms with E-state index in [9.17, 15) is 13.2 Å². The van der Waals surface area contributed by atoms with Gasteiger partial charge < -0.3 is 9.80 Å². The van der Waals surface area contributed by atoms with Crippen LogP contribution < -0.4 is 4.90 Å². The van der Waals surface area contributed by atoms with Crippen molar-refractivity contribution < 1.29 is 13.2 Å². The van der Waals surface area contributed by atoms with Crippen molar-refractivity contribution in [1.82, 2.24) is 9.88 Å². The SMILES string of the molecule is O=C(c1ccc(N2CCC(S(=O)(=O)c3ccccc3)CC2)nc1)N1CCCC1. The van der Waals surface area contributed by atoms with Crippen LogP contribution in [0.4, 0.5) is 5.82 Å². The zero-order valence-electron chi connectivity index (χ0n) is 15.8. The highest BCUT2D eigenvalue weighted by Gasteiger charge is 2.31. The van der Waals surface area contributed by atoms with Crippen molar-refractivity contribution in [3.63, 3.8) is 0 Å². The predicted octanol–water partition coefficient (Wildman–Crippen LogP) is 2.76. The van der Waals surface area contributed by atoms with Gasteiger partial charge in [0.1, 0.15) is 5.82 Å². The third-order valence-electron chi connectivity index (χ3n) is 5.66. The molecule has 1 aromatic heterocycles. The molecule has 0 bridgehead atoms. The van der Waals surface area contributed by atoms with Crippen LogP contribution in [0.25, 0.3) is 0 Å². The van der Waals surface area contributed by atoms with E-state index in [1.54, 1.807) is 30.5 Å². The van der Waals surface area contributed by atoms with Crippen molar-refractivity contribution in [2.75, 3.05) is 31.1 Å². The zero-order chi connectivity index (χ0) is 19.6. The maximum atomic E-state index is 12.8. The molecule has 148 valence electrons. The van der Waals surface area contributed by atoms with Crippen LogP contribution in [0.1, 0.15) is 36.0 Å². The standard InChI is InChI=1S/C21H25N3O3S/c25-21(24-12-4-5-13-24)17-8-9-20(22-16-17)23-14-10-19(11-15-23)28(26,27)18-6-2-1-3-7-18/h1-3,6-9,16,19H,4-5,10-15H2. The lowest BCUT2D eigenvalue weighted by atomic mass is 10.1. The molecule has 0 atom stereocenters. The van der Waals surface area contributed by atoms with E-state index in [1.165, 1.54) is 0 Å². The Hall–Kier alpha value is -2.41. The zero-order valence-corrected chi connectivity index (χ0v) is 16.6. The largest absolute Gasteiger partial charge is 0.357 e. The fourth-order valence-corrected chi connectivity index (χ4v) is 5.75. The molecule has 3 heterocycles. The second kappa shape index (κ2) is 7.91. The minimum absolute atomic E-state index is 0.0456. The normalized spacial score (nSPS) is 18.4. The van der Waals surface area contributed by atoms with Crippen LogP contribution in [0.5, 0.6) is 0 Å². The molecule has 28 heavy (non-hydrogen) atoms. The molecular weight excluding hydrogens is 374 g/mol. The van der Waals surface area contributed by atoms with Crippen molar-refractivity contribution in [3.05, 3.63) is 54.2 Å². The number of carbonyl (C=O) groups excluding carboxylic acids is 1. The van der Waals surface area contributed by atoms with Crippen LogP contribution in [-0.4, -0.2) is 55.6 Å². The monoisotopic (exact) mass is 399 g/mol. The first-order chi connectivity index (χ1) is 13.6. The van der Waals surface area contributed by atoms with Crippen LogP contribution in [-0.2, 0) is 9.84 Å². The van der Waals surface area contributed by atoms with Gasteiger partial charge in [-0.25, -0.2) is 13.4 Å². The molecule has 2 aliphatic rings. The summed E-state index contributed by atoms with van der Waals surface area (Å²) < 4.78 is 25.6. The first-order valence-electron chi connectivity index (χ1n) is 9.85. The van der Waals surface area contributed by atoms with Crippen LogP contribution in [0.2, 0.25) is 0 Å². The predicted molar refractivity (Wildman–Crippen MR) is 108 cm³/mol. The molecule has 0 aliphatic carbocycles. The highest BCUT2D eigenvalue weighted by Crippen LogP contribution is 2.26. The van der Waals surface area contributed by atoms with Gasteiger partial charge in [0.05, 0.1) is 15.7 Å². The highest BCUT2D eigenvalue weighted by atomic mass is 32.2. The molecule has 7 heteroatoms. The number of likely N-dealkylation sites (tertiary alicyclic amines) is 1. The van der Waals surface area contributed by atoms with E-state index in [2.05, 4.69) is 9.88 Å². The number of pyridine rings is 1. The first kappa shape index (κ1) is 18.9. The Morgan fingerprint density at radius 3 is 2.21 bits per heavy atom. The third kappa shape index (κ3) is 3.76. The summed E-state index contributed by atoms with van der Waals surface area (Å²) in [4.78, 5) is 21.3. The number of aromatic nitrogens is 1. The summed E-state index contributed by atoms with van der Waals surface area (Å²) in [6.07, 6.45) is 4.93. The van der Waals surface area contributed by atoms with Crippen molar-refractivity contribution in [2.45, 2.75) is 35.8 Å². The van der Waals surface area contributed by atoms with E-state index < -0.39 is 9.84 Å². The van der Waals surface area contributed by atoms with Gasteiger partial charge in [0, 0.05) is 32.4 Å². The van der Waals surface area contributed by atoms with Crippen molar-refractivity contribution in [1.29, 1.82) is 0 Å². The lowest BCUT2D eigenvalue weighted by Crippen LogP contribution is -2.39. The highest BCUT2D eigenvalue weighted by molar-refractivity contribution is 7.92. The number of sulfone groups is 1. The average molecular weight is 400 g/mol. The molecule has 0 N–H and O–H groups in total. The smallest absolute Gasteiger partial charge is 0.255 e. The van der Waals surface area contributed by atoms with Gasteiger partial charge in [-0.15, -0.1) is 0 Å². The average Bonchev–Trinajstić information content (AvgIpc) is 3.29. The number of piperidine rings is 1. The van der Waals surface area contributed by atoms with Gasteiger partial charge in [0.2, 0.25) is 0 Å². The second-order valence-electron chi connectivity index (χ2n) is 7.45. The van der Waals surface area contributed by atoms with Gasteiger partial charge in [-0.1, -0.05) is 18.2 Å². The van der Waals surface area contributed by atoms with Crippen LogP contribution in [0.3, 0.4) is 0 Å². The Morgan fingerprint density at radius 1 is 0.929 bits per heavy atom. The van der Waals surface area contributed by atoms with E-state index in [4.69, 9.17) is 0 Å². The fraction of sp³-hybridized carbons (Fsp3) is 0.429. The molecule has 1 aromatic carbocycles. The van der Waals surface area contributed by atoms with Gasteiger partial charge in [-0.2, -0.15) is 0 Å². The Kier molecular flexibility index (Phi) is 5.35. The van der Waals surface area contributed by atoms with E-state index in [1.807, 2.05) is 23.1 Å². The van der Waals surface area contributed by atoms with Crippen LogP contribution in [0, 0.1) is 0 Å². The number of anilines is 1. The number of nitrogens with zero attached hydrogens (tertiary/aromatic N) is 3. The summed E-state index contributed by atoms with van der Waals surface area (Å²) in [7, 11) is -3.29. The lowest BCUT2D eigenvalue weighted by Gasteiger charge is -2.32. The van der Waals surface area contributed by atoms with Crippen LogP contribution >= 0.6 is 0 Å². The molecule has 4 rings (SSSR count). The van der Waals surface area contributed by atoms with Gasteiger partial charge >= 0.3 is 0 Å². The molecule has 1 amide bonds. The summed E-state index contributed by atoms with van der Waals surface area (Å²) in [6.45, 7) is 2.93. The minimum atomic E-state index is -3.29. The Bertz CT molecular complexity index is 915. The van der Waals surface area contributed by atoms with Crippen molar-refractivity contribution in [2.24, 2.45) is 0 Å². The van der Waals surface area contributed by atoms with E-state index in [-0.39, 0.29) is 11.2 Å². The number of hydrogen-bond acceptors (Lipinski definition) is 5.